The van der Waals surface area contributed by atoms with Crippen molar-refractivity contribution < 1.29 is 0 Å². The van der Waals surface area contributed by atoms with Gasteiger partial charge in [-0.2, -0.15) is 0 Å². The highest BCUT2D eigenvalue weighted by Gasteiger charge is 2.31. The molecule has 0 aliphatic carbocycles. The molecule has 0 amide bonds. The van der Waals surface area contributed by atoms with Crippen LogP contribution in [0.15, 0.2) is 291 Å². The van der Waals surface area contributed by atoms with E-state index in [4.69, 9.17) is 0 Å². The molecule has 90 heavy (non-hydrogen) atoms. The fourth-order valence-corrected chi connectivity index (χ4v) is 17.0. The molecule has 0 radical (unpaired) electrons. The van der Waals surface area contributed by atoms with E-state index in [0.717, 1.165) is 22.7 Å². The first-order chi connectivity index (χ1) is 43.9. The first-order valence-electron chi connectivity index (χ1n) is 31.6. The Labute approximate surface area is 527 Å². The zero-order valence-corrected chi connectivity index (χ0v) is 53.5. The summed E-state index contributed by atoms with van der Waals surface area (Å²) in [5.41, 5.74) is 23.7. The molecule has 17 rings (SSSR count). The molecule has 0 saturated heterocycles. The lowest BCUT2D eigenvalue weighted by atomic mass is 9.98. The van der Waals surface area contributed by atoms with E-state index in [2.05, 4.69) is 349 Å². The lowest BCUT2D eigenvalue weighted by Crippen LogP contribution is -2.37. The minimum atomic E-state index is -1.81. The van der Waals surface area contributed by atoms with E-state index in [1.165, 1.54) is 142 Å². The summed E-state index contributed by atoms with van der Waals surface area (Å²) in [4.78, 5) is 5.16. The topological polar surface area (TPSA) is 15.3 Å². The number of aromatic nitrogens is 2. The first-order valence-corrected chi connectivity index (χ1v) is 38.6. The number of para-hydroxylation sites is 2. The Kier molecular flexibility index (Phi) is 12.3. The Balaban J connectivity index is 0.941. The molecule has 0 atom stereocenters. The largest absolute Gasteiger partial charge is 0.309 e. The molecule has 17 aromatic rings. The van der Waals surface area contributed by atoms with Gasteiger partial charge in [0.05, 0.1) is 72.0 Å². The van der Waals surface area contributed by atoms with Crippen LogP contribution in [0.4, 0.5) is 34.1 Å². The van der Waals surface area contributed by atoms with Crippen LogP contribution in [0.1, 0.15) is 0 Å². The van der Waals surface area contributed by atoms with Crippen molar-refractivity contribution in [2.24, 2.45) is 0 Å². The summed E-state index contributed by atoms with van der Waals surface area (Å²) in [6.45, 7) is 14.8. The maximum absolute atomic E-state index is 2.59. The number of nitrogens with zero attached hydrogens (tertiary/aromatic N) is 4. The zero-order chi connectivity index (χ0) is 60.6. The smallest absolute Gasteiger partial charge is 0.0776 e. The van der Waals surface area contributed by atoms with Gasteiger partial charge in [0.15, 0.2) is 0 Å². The Hall–Kier alpha value is -10.5. The highest BCUT2D eigenvalue weighted by Crippen LogP contribution is 2.53. The molecule has 0 bridgehead atoms. The van der Waals surface area contributed by atoms with Crippen LogP contribution in [0.5, 0.6) is 0 Å². The van der Waals surface area contributed by atoms with Crippen molar-refractivity contribution in [1.29, 1.82) is 0 Å². The van der Waals surface area contributed by atoms with E-state index in [0.29, 0.717) is 0 Å². The van der Waals surface area contributed by atoms with Crippen molar-refractivity contribution in [2.75, 3.05) is 9.80 Å². The molecule has 0 aliphatic heterocycles. The second-order valence-electron chi connectivity index (χ2n) is 26.5. The average Bonchev–Trinajstić information content (AvgIpc) is 1.52. The van der Waals surface area contributed by atoms with Gasteiger partial charge in [-0.05, 0) is 106 Å². The molecule has 4 heterocycles. The molecule has 0 saturated carbocycles. The number of benzene rings is 13. The summed E-state index contributed by atoms with van der Waals surface area (Å²) >= 11 is 0. The van der Waals surface area contributed by atoms with Crippen molar-refractivity contribution >= 4 is 137 Å². The van der Waals surface area contributed by atoms with Crippen LogP contribution in [0.3, 0.4) is 0 Å². The van der Waals surface area contributed by atoms with Gasteiger partial charge in [-0.1, -0.05) is 268 Å². The van der Waals surface area contributed by atoms with E-state index in [1.807, 2.05) is 0 Å². The molecule has 0 N–H and O–H groups in total. The van der Waals surface area contributed by atoms with Crippen molar-refractivity contribution in [1.82, 2.24) is 8.80 Å². The standard InChI is InChI=1S/C84H66N4Si2/c1-89(2,3)63-41-43-65(57-29-15-9-16-30-57)77(51-63)85(61-35-23-33-59(49-61)55-25-11-7-12-26-55)75-47-45-67-71-53-80-72(54-79(71)87-73-39-21-19-37-69(73)81(75)83(67)87)68-46-48-76(82-70-38-20-22-40-74(70)88(80)84(68)82)86(62-36-24-34-60(50-62)56-27-13-8-14-28-56)78-52-64(90(4,5)6)42-44-66(78)58-31-17-10-18-32-58/h7-54H,1-6H3. The van der Waals surface area contributed by atoms with Gasteiger partial charge in [-0.3, -0.25) is 0 Å². The maximum Gasteiger partial charge on any atom is 0.0776 e. The quantitative estimate of drug-likeness (QED) is 0.113. The minimum absolute atomic E-state index is 1.12. The fraction of sp³-hybridized carbons (Fsp3) is 0.0714. The lowest BCUT2D eigenvalue weighted by Gasteiger charge is -2.31. The minimum Gasteiger partial charge on any atom is -0.309 e. The second-order valence-corrected chi connectivity index (χ2v) is 36.7. The molecule has 0 fully saturated rings. The highest BCUT2D eigenvalue weighted by molar-refractivity contribution is 6.89. The van der Waals surface area contributed by atoms with Crippen LogP contribution in [0, 0.1) is 0 Å². The Morgan fingerprint density at radius 3 is 0.989 bits per heavy atom. The van der Waals surface area contributed by atoms with Crippen molar-refractivity contribution in [3.8, 4) is 44.5 Å². The third kappa shape index (κ3) is 8.46. The van der Waals surface area contributed by atoms with E-state index >= 15 is 0 Å². The monoisotopic (exact) mass is 1190 g/mol. The summed E-state index contributed by atoms with van der Waals surface area (Å²) in [6.07, 6.45) is 0. The summed E-state index contributed by atoms with van der Waals surface area (Å²) in [5.74, 6) is 0. The molecule has 13 aromatic carbocycles. The van der Waals surface area contributed by atoms with Crippen LogP contribution in [-0.2, 0) is 0 Å². The Morgan fingerprint density at radius 1 is 0.244 bits per heavy atom. The van der Waals surface area contributed by atoms with Gasteiger partial charge < -0.3 is 18.6 Å². The van der Waals surface area contributed by atoms with Crippen LogP contribution in [-0.4, -0.2) is 24.9 Å². The van der Waals surface area contributed by atoms with Gasteiger partial charge in [-0.25, -0.2) is 0 Å². The molecule has 0 spiro atoms. The van der Waals surface area contributed by atoms with E-state index < -0.39 is 16.1 Å². The third-order valence-electron chi connectivity index (χ3n) is 19.0. The second kappa shape index (κ2) is 20.5. The van der Waals surface area contributed by atoms with Crippen LogP contribution in [0.2, 0.25) is 39.3 Å². The van der Waals surface area contributed by atoms with E-state index in [1.54, 1.807) is 0 Å². The fourth-order valence-electron chi connectivity index (χ4n) is 14.7. The highest BCUT2D eigenvalue weighted by atomic mass is 28.3. The van der Waals surface area contributed by atoms with Gasteiger partial charge in [0.1, 0.15) is 0 Å². The summed E-state index contributed by atoms with van der Waals surface area (Å²) < 4.78 is 5.17. The summed E-state index contributed by atoms with van der Waals surface area (Å²) in [7, 11) is -3.62. The van der Waals surface area contributed by atoms with Crippen LogP contribution < -0.4 is 20.2 Å². The Bertz CT molecular complexity index is 5270. The molecule has 0 unspecified atom stereocenters. The molecule has 4 nitrogen and oxygen atoms in total. The van der Waals surface area contributed by atoms with E-state index in [-0.39, 0.29) is 0 Å². The predicted octanol–water partition coefficient (Wildman–Crippen LogP) is 22.7. The number of anilines is 6. The number of rotatable bonds is 12. The molecular weight excluding hydrogens is 1120 g/mol. The van der Waals surface area contributed by atoms with Gasteiger partial charge in [0.2, 0.25) is 0 Å². The number of fused-ring (bicyclic) bond motifs is 12. The number of hydrogen-bond acceptors (Lipinski definition) is 2. The SMILES string of the molecule is C[Si](C)(C)c1ccc(-c2ccccc2)c(N(c2cccc(-c3ccccc3)c2)c2ccc3c4cc5c(cc4n4c6ccccc6c2c34)c2ccc(N(c3cccc(-c4ccccc4)c3)c3cc([Si](C)(C)C)ccc3-c3ccccc3)c3c4ccccc4n5c23)c1. The molecule has 6 heteroatoms. The maximum atomic E-state index is 2.59. The van der Waals surface area contributed by atoms with Crippen molar-refractivity contribution in [3.63, 3.8) is 0 Å². The summed E-state index contributed by atoms with van der Waals surface area (Å²) in [5, 5.41) is 12.7. The Morgan fingerprint density at radius 2 is 0.600 bits per heavy atom. The first kappa shape index (κ1) is 53.7. The van der Waals surface area contributed by atoms with Gasteiger partial charge in [-0.15, -0.1) is 0 Å². The van der Waals surface area contributed by atoms with E-state index in [9.17, 15) is 0 Å². The normalized spacial score (nSPS) is 12.3. The van der Waals surface area contributed by atoms with Crippen molar-refractivity contribution in [3.05, 3.63) is 291 Å². The van der Waals surface area contributed by atoms with Crippen molar-refractivity contribution in [2.45, 2.75) is 39.3 Å². The van der Waals surface area contributed by atoms with Crippen LogP contribution in [0.25, 0.3) is 121 Å². The predicted molar refractivity (Wildman–Crippen MR) is 393 cm³/mol. The number of hydrogen-bond donors (Lipinski definition) is 0. The zero-order valence-electron chi connectivity index (χ0n) is 51.5. The van der Waals surface area contributed by atoms with Gasteiger partial charge >= 0.3 is 0 Å². The molecule has 430 valence electrons. The lowest BCUT2D eigenvalue weighted by molar-refractivity contribution is 1.30. The van der Waals surface area contributed by atoms with Crippen LogP contribution >= 0.6 is 0 Å². The van der Waals surface area contributed by atoms with Gasteiger partial charge in [0, 0.05) is 65.6 Å². The molecule has 4 aromatic heterocycles. The molecular formula is C84H66N4Si2. The summed E-state index contributed by atoms with van der Waals surface area (Å²) in [6, 6.07) is 109. The molecule has 0 aliphatic rings. The average molecular weight is 1190 g/mol. The third-order valence-corrected chi connectivity index (χ3v) is 23.1. The van der Waals surface area contributed by atoms with Gasteiger partial charge in [0.25, 0.3) is 0 Å².